The van der Waals surface area contributed by atoms with Crippen LogP contribution in [0.5, 0.6) is 0 Å². The molecule has 1 atom stereocenters. The molecule has 0 heterocycles. The van der Waals surface area contributed by atoms with Gasteiger partial charge in [-0.25, -0.2) is 0 Å². The summed E-state index contributed by atoms with van der Waals surface area (Å²) >= 11 is 0. The molecule has 0 aromatic rings. The third-order valence-corrected chi connectivity index (χ3v) is 4.19. The van der Waals surface area contributed by atoms with Gasteiger partial charge in [0.15, 0.2) is 5.79 Å². The smallest absolute Gasteiger partial charge is 0.353 e. The monoisotopic (exact) mass is 312 g/mol. The highest BCUT2D eigenvalue weighted by Crippen LogP contribution is 2.35. The van der Waals surface area contributed by atoms with Crippen molar-refractivity contribution < 1.29 is 22.6 Å². The molecule has 0 spiro atoms. The van der Waals surface area contributed by atoms with Crippen LogP contribution in [-0.4, -0.2) is 26.2 Å². The van der Waals surface area contributed by atoms with E-state index in [4.69, 9.17) is 9.47 Å². The first kappa shape index (κ1) is 20.7. The van der Waals surface area contributed by atoms with Gasteiger partial charge in [0.25, 0.3) is 0 Å². The molecule has 0 saturated heterocycles. The van der Waals surface area contributed by atoms with Gasteiger partial charge in [-0.05, 0) is 6.42 Å². The van der Waals surface area contributed by atoms with Crippen LogP contribution in [0, 0.1) is 5.92 Å². The Morgan fingerprint density at radius 3 is 1.86 bits per heavy atom. The lowest BCUT2D eigenvalue weighted by atomic mass is 9.90. The van der Waals surface area contributed by atoms with E-state index in [9.17, 15) is 13.2 Å². The minimum absolute atomic E-state index is 0.0546. The second-order valence-electron chi connectivity index (χ2n) is 5.79. The molecule has 0 rings (SSSR count). The average Bonchev–Trinajstić information content (AvgIpc) is 2.43. The molecule has 0 aromatic carbocycles. The summed E-state index contributed by atoms with van der Waals surface area (Å²) in [6, 6.07) is 0. The van der Waals surface area contributed by atoms with Crippen LogP contribution in [-0.2, 0) is 9.47 Å². The fraction of sp³-hybridized carbons (Fsp3) is 1.00. The Morgan fingerprint density at radius 2 is 1.38 bits per heavy atom. The zero-order valence-corrected chi connectivity index (χ0v) is 13.9. The molecule has 2 nitrogen and oxygen atoms in total. The van der Waals surface area contributed by atoms with Crippen LogP contribution in [0.15, 0.2) is 0 Å². The lowest BCUT2D eigenvalue weighted by molar-refractivity contribution is -0.255. The Bertz CT molecular complexity index is 250. The second kappa shape index (κ2) is 10.4. The van der Waals surface area contributed by atoms with E-state index >= 15 is 0 Å². The van der Waals surface area contributed by atoms with E-state index in [-0.39, 0.29) is 12.3 Å². The van der Waals surface area contributed by atoms with Gasteiger partial charge in [-0.15, -0.1) is 0 Å². The van der Waals surface area contributed by atoms with E-state index in [0.29, 0.717) is 0 Å². The van der Waals surface area contributed by atoms with Crippen molar-refractivity contribution in [2.24, 2.45) is 5.92 Å². The van der Waals surface area contributed by atoms with E-state index in [2.05, 4.69) is 6.92 Å². The van der Waals surface area contributed by atoms with Gasteiger partial charge in [-0.3, -0.25) is 0 Å². The molecule has 128 valence electrons. The molecule has 0 bridgehead atoms. The predicted octanol–water partition coefficient (Wildman–Crippen LogP) is 5.70. The molecule has 0 aliphatic carbocycles. The number of hydrogen-bond acceptors (Lipinski definition) is 2. The Morgan fingerprint density at radius 1 is 0.857 bits per heavy atom. The van der Waals surface area contributed by atoms with Crippen LogP contribution in [0.25, 0.3) is 0 Å². The third-order valence-electron chi connectivity index (χ3n) is 4.19. The van der Waals surface area contributed by atoms with Gasteiger partial charge in [-0.1, -0.05) is 52.4 Å². The molecule has 5 heteroatoms. The third kappa shape index (κ3) is 8.67. The zero-order chi connectivity index (χ0) is 16.4. The first-order chi connectivity index (χ1) is 9.81. The van der Waals surface area contributed by atoms with E-state index in [1.807, 2.05) is 6.92 Å². The summed E-state index contributed by atoms with van der Waals surface area (Å²) in [7, 11) is 2.86. The van der Waals surface area contributed by atoms with Crippen molar-refractivity contribution in [2.45, 2.75) is 83.6 Å². The van der Waals surface area contributed by atoms with Crippen molar-refractivity contribution in [3.8, 4) is 0 Å². The van der Waals surface area contributed by atoms with Gasteiger partial charge in [-0.2, -0.15) is 13.2 Å². The van der Waals surface area contributed by atoms with Crippen LogP contribution in [0.3, 0.4) is 0 Å². The fourth-order valence-electron chi connectivity index (χ4n) is 2.70. The largest absolute Gasteiger partial charge is 0.389 e. The number of methoxy groups -OCH3 is 2. The number of ether oxygens (including phenoxy) is 2. The number of unbranched alkanes of at least 4 members (excludes halogenated alkanes) is 5. The van der Waals surface area contributed by atoms with Gasteiger partial charge in [0, 0.05) is 33.0 Å². The van der Waals surface area contributed by atoms with E-state index in [1.54, 1.807) is 0 Å². The SMILES string of the molecule is CCCCCCCCC(C)C(CCC(F)(F)F)(OC)OC. The summed E-state index contributed by atoms with van der Waals surface area (Å²) in [5.41, 5.74) is 0. The first-order valence-electron chi connectivity index (χ1n) is 7.98. The Labute approximate surface area is 127 Å². The van der Waals surface area contributed by atoms with E-state index in [1.165, 1.54) is 39.9 Å². The Kier molecular flexibility index (Phi) is 10.3. The van der Waals surface area contributed by atoms with Crippen molar-refractivity contribution in [1.82, 2.24) is 0 Å². The second-order valence-corrected chi connectivity index (χ2v) is 5.79. The molecule has 0 aliphatic heterocycles. The molecule has 0 aliphatic rings. The van der Waals surface area contributed by atoms with Gasteiger partial charge < -0.3 is 9.47 Å². The molecule has 0 N–H and O–H groups in total. The van der Waals surface area contributed by atoms with Crippen LogP contribution in [0.2, 0.25) is 0 Å². The van der Waals surface area contributed by atoms with Crippen LogP contribution >= 0.6 is 0 Å². The highest BCUT2D eigenvalue weighted by atomic mass is 19.4. The zero-order valence-electron chi connectivity index (χ0n) is 13.9. The molecule has 0 aromatic heterocycles. The van der Waals surface area contributed by atoms with Gasteiger partial charge >= 0.3 is 6.18 Å². The summed E-state index contributed by atoms with van der Waals surface area (Å²) in [4.78, 5) is 0. The number of rotatable bonds is 12. The molecular formula is C16H31F3O2. The van der Waals surface area contributed by atoms with E-state index < -0.39 is 18.4 Å². The van der Waals surface area contributed by atoms with Crippen molar-refractivity contribution in [3.63, 3.8) is 0 Å². The quantitative estimate of drug-likeness (QED) is 0.340. The van der Waals surface area contributed by atoms with Crippen LogP contribution in [0.4, 0.5) is 13.2 Å². The molecule has 1 unspecified atom stereocenters. The maximum Gasteiger partial charge on any atom is 0.389 e. The normalized spacial score (nSPS) is 14.4. The van der Waals surface area contributed by atoms with Crippen molar-refractivity contribution in [1.29, 1.82) is 0 Å². The maximum atomic E-state index is 12.4. The van der Waals surface area contributed by atoms with Crippen LogP contribution < -0.4 is 0 Å². The molecular weight excluding hydrogens is 281 g/mol. The molecule has 21 heavy (non-hydrogen) atoms. The molecule has 0 fully saturated rings. The van der Waals surface area contributed by atoms with Crippen molar-refractivity contribution in [3.05, 3.63) is 0 Å². The van der Waals surface area contributed by atoms with Gasteiger partial charge in [0.2, 0.25) is 0 Å². The maximum absolute atomic E-state index is 12.4. The lowest BCUT2D eigenvalue weighted by Crippen LogP contribution is -2.41. The Balaban J connectivity index is 4.24. The first-order valence-corrected chi connectivity index (χ1v) is 7.98. The predicted molar refractivity (Wildman–Crippen MR) is 79.2 cm³/mol. The summed E-state index contributed by atoms with van der Waals surface area (Å²) in [6.45, 7) is 4.09. The molecule has 0 radical (unpaired) electrons. The van der Waals surface area contributed by atoms with Gasteiger partial charge in [0.1, 0.15) is 0 Å². The summed E-state index contributed by atoms with van der Waals surface area (Å²) < 4.78 is 47.9. The molecule has 0 saturated carbocycles. The summed E-state index contributed by atoms with van der Waals surface area (Å²) in [5, 5.41) is 0. The number of halogens is 3. The topological polar surface area (TPSA) is 18.5 Å². The Hall–Kier alpha value is -0.290. The minimum Gasteiger partial charge on any atom is -0.353 e. The lowest BCUT2D eigenvalue weighted by Gasteiger charge is -2.37. The minimum atomic E-state index is -4.18. The number of hydrogen-bond donors (Lipinski definition) is 0. The standard InChI is InChI=1S/C16H31F3O2/c1-5-6-7-8-9-10-11-14(2)15(20-3,21-4)12-13-16(17,18)19/h14H,5-13H2,1-4H3. The average molecular weight is 312 g/mol. The summed E-state index contributed by atoms with van der Waals surface area (Å²) in [5.74, 6) is -1.18. The highest BCUT2D eigenvalue weighted by molar-refractivity contribution is 4.78. The number of alkyl halides is 3. The van der Waals surface area contributed by atoms with Gasteiger partial charge in [0.05, 0.1) is 0 Å². The molecule has 0 amide bonds. The highest BCUT2D eigenvalue weighted by Gasteiger charge is 2.40. The van der Waals surface area contributed by atoms with E-state index in [0.717, 1.165) is 19.3 Å². The van der Waals surface area contributed by atoms with Crippen molar-refractivity contribution in [2.75, 3.05) is 14.2 Å². The fourth-order valence-corrected chi connectivity index (χ4v) is 2.70. The summed E-state index contributed by atoms with van der Waals surface area (Å²) in [6.07, 6.45) is 2.63. The van der Waals surface area contributed by atoms with Crippen LogP contribution in [0.1, 0.15) is 71.6 Å². The van der Waals surface area contributed by atoms with Crippen molar-refractivity contribution >= 4 is 0 Å².